The molecule has 1 saturated carbocycles. The Hall–Kier alpha value is -0.610. The predicted octanol–water partition coefficient (Wildman–Crippen LogP) is -0.0711. The van der Waals surface area contributed by atoms with Gasteiger partial charge in [-0.1, -0.05) is 0 Å². The summed E-state index contributed by atoms with van der Waals surface area (Å²) in [5.41, 5.74) is -0.737. The average Bonchev–Trinajstić information content (AvgIpc) is 2.42. The molecule has 0 spiro atoms. The van der Waals surface area contributed by atoms with Gasteiger partial charge >= 0.3 is 5.97 Å². The quantitative estimate of drug-likeness (QED) is 0.581. The molecule has 2 rings (SSSR count). The van der Waals surface area contributed by atoms with E-state index in [1.807, 2.05) is 0 Å². The first-order valence-electron chi connectivity index (χ1n) is 5.06. The monoisotopic (exact) mass is 200 g/mol. The Labute approximate surface area is 82.9 Å². The van der Waals surface area contributed by atoms with E-state index >= 15 is 0 Å². The summed E-state index contributed by atoms with van der Waals surface area (Å²) in [5.74, 6) is -0.650. The normalized spacial score (nSPS) is 47.4. The van der Waals surface area contributed by atoms with Crippen LogP contribution in [0, 0.1) is 17.8 Å². The second-order valence-corrected chi connectivity index (χ2v) is 4.59. The van der Waals surface area contributed by atoms with Gasteiger partial charge in [0.05, 0.1) is 24.7 Å². The fraction of sp³-hybridized carbons (Fsp3) is 0.900. The number of fused-ring (bicyclic) bond motifs is 1. The van der Waals surface area contributed by atoms with Gasteiger partial charge in [0.1, 0.15) is 0 Å². The molecule has 4 heteroatoms. The van der Waals surface area contributed by atoms with Gasteiger partial charge < -0.3 is 14.9 Å². The Morgan fingerprint density at radius 3 is 3.00 bits per heavy atom. The van der Waals surface area contributed by atoms with Crippen molar-refractivity contribution in [2.45, 2.75) is 25.4 Å². The summed E-state index contributed by atoms with van der Waals surface area (Å²) in [6, 6.07) is 0. The van der Waals surface area contributed by atoms with Crippen LogP contribution >= 0.6 is 0 Å². The van der Waals surface area contributed by atoms with Gasteiger partial charge in [-0.2, -0.15) is 0 Å². The number of carbonyl (C=O) groups is 1. The van der Waals surface area contributed by atoms with Crippen molar-refractivity contribution in [3.63, 3.8) is 0 Å². The molecule has 4 atom stereocenters. The number of carbonyl (C=O) groups excluding carboxylic acids is 1. The van der Waals surface area contributed by atoms with E-state index in [0.717, 1.165) is 6.42 Å². The molecule has 0 unspecified atom stereocenters. The fourth-order valence-corrected chi connectivity index (χ4v) is 2.76. The lowest BCUT2D eigenvalue weighted by Crippen LogP contribution is -2.45. The highest BCUT2D eigenvalue weighted by molar-refractivity contribution is 5.74. The van der Waals surface area contributed by atoms with E-state index in [1.165, 1.54) is 0 Å². The molecule has 14 heavy (non-hydrogen) atoms. The summed E-state index contributed by atoms with van der Waals surface area (Å²) >= 11 is 0. The van der Waals surface area contributed by atoms with E-state index in [2.05, 4.69) is 0 Å². The lowest BCUT2D eigenvalue weighted by atomic mass is 9.79. The molecule has 2 fully saturated rings. The van der Waals surface area contributed by atoms with Crippen molar-refractivity contribution in [3.05, 3.63) is 0 Å². The van der Waals surface area contributed by atoms with Crippen LogP contribution in [0.5, 0.6) is 0 Å². The van der Waals surface area contributed by atoms with Crippen LogP contribution in [0.15, 0.2) is 0 Å². The number of hydrogen-bond donors (Lipinski definition) is 2. The first-order chi connectivity index (χ1) is 6.56. The molecule has 0 radical (unpaired) electrons. The smallest absolute Gasteiger partial charge is 0.311 e. The van der Waals surface area contributed by atoms with Gasteiger partial charge in [0.15, 0.2) is 0 Å². The van der Waals surface area contributed by atoms with Crippen molar-refractivity contribution in [2.24, 2.45) is 17.8 Å². The second-order valence-electron chi connectivity index (χ2n) is 4.59. The van der Waals surface area contributed by atoms with Crippen molar-refractivity contribution in [2.75, 3.05) is 13.2 Å². The first kappa shape index (κ1) is 9.93. The van der Waals surface area contributed by atoms with E-state index in [4.69, 9.17) is 9.84 Å². The van der Waals surface area contributed by atoms with Gasteiger partial charge in [-0.25, -0.2) is 0 Å². The maximum atomic E-state index is 11.3. The molecular weight excluding hydrogens is 184 g/mol. The molecule has 4 nitrogen and oxygen atoms in total. The summed E-state index contributed by atoms with van der Waals surface area (Å²) in [7, 11) is 0. The van der Waals surface area contributed by atoms with Crippen molar-refractivity contribution >= 4 is 5.97 Å². The van der Waals surface area contributed by atoms with Gasteiger partial charge in [0, 0.05) is 5.92 Å². The molecule has 0 bridgehead atoms. The van der Waals surface area contributed by atoms with Gasteiger partial charge in [-0.15, -0.1) is 0 Å². The zero-order valence-corrected chi connectivity index (χ0v) is 8.27. The Bertz CT molecular complexity index is 249. The van der Waals surface area contributed by atoms with Crippen LogP contribution in [0.2, 0.25) is 0 Å². The Kier molecular flexibility index (Phi) is 2.27. The van der Waals surface area contributed by atoms with Crippen LogP contribution in [0.1, 0.15) is 19.8 Å². The second kappa shape index (κ2) is 3.21. The highest BCUT2D eigenvalue weighted by atomic mass is 16.5. The largest absolute Gasteiger partial charge is 0.465 e. The molecule has 1 aliphatic heterocycles. The van der Waals surface area contributed by atoms with Crippen molar-refractivity contribution in [1.82, 2.24) is 0 Å². The predicted molar refractivity (Wildman–Crippen MR) is 48.4 cm³/mol. The van der Waals surface area contributed by atoms with Crippen LogP contribution in [-0.4, -0.2) is 35.0 Å². The zero-order valence-electron chi connectivity index (χ0n) is 8.27. The molecule has 2 N–H and O–H groups in total. The zero-order chi connectivity index (χ0) is 10.3. The summed E-state index contributed by atoms with van der Waals surface area (Å²) in [4.78, 5) is 11.3. The third-order valence-corrected chi connectivity index (χ3v) is 3.72. The van der Waals surface area contributed by atoms with Crippen LogP contribution in [0.3, 0.4) is 0 Å². The Morgan fingerprint density at radius 1 is 1.64 bits per heavy atom. The van der Waals surface area contributed by atoms with Gasteiger partial charge in [-0.05, 0) is 25.7 Å². The minimum absolute atomic E-state index is 0.00245. The number of esters is 1. The Morgan fingerprint density at radius 2 is 2.36 bits per heavy atom. The van der Waals surface area contributed by atoms with Gasteiger partial charge in [-0.3, -0.25) is 4.79 Å². The van der Waals surface area contributed by atoms with Gasteiger partial charge in [0.2, 0.25) is 0 Å². The number of rotatable bonds is 1. The molecule has 0 amide bonds. The SMILES string of the molecule is C[C@]1(O)CC[C@H]2[C@@H](CO)C(=O)OC[C@@H]21. The number of cyclic esters (lactones) is 1. The maximum absolute atomic E-state index is 11.3. The molecule has 0 aromatic heterocycles. The van der Waals surface area contributed by atoms with E-state index < -0.39 is 11.5 Å². The third kappa shape index (κ3) is 1.33. The number of aliphatic hydroxyl groups excluding tert-OH is 1. The molecule has 80 valence electrons. The first-order valence-corrected chi connectivity index (χ1v) is 5.06. The van der Waals surface area contributed by atoms with Gasteiger partial charge in [0.25, 0.3) is 0 Å². The highest BCUT2D eigenvalue weighted by Gasteiger charge is 2.52. The van der Waals surface area contributed by atoms with Crippen LogP contribution in [0.25, 0.3) is 0 Å². The molecule has 2 aliphatic rings. The minimum Gasteiger partial charge on any atom is -0.465 e. The van der Waals surface area contributed by atoms with Crippen molar-refractivity contribution in [3.8, 4) is 0 Å². The molecular formula is C10H16O4. The number of ether oxygens (including phenoxy) is 1. The van der Waals surface area contributed by atoms with Crippen LogP contribution in [0.4, 0.5) is 0 Å². The minimum atomic E-state index is -0.737. The molecule has 0 aromatic carbocycles. The maximum Gasteiger partial charge on any atom is 0.311 e. The van der Waals surface area contributed by atoms with Crippen molar-refractivity contribution < 1.29 is 19.7 Å². The third-order valence-electron chi connectivity index (χ3n) is 3.72. The molecule has 1 aliphatic carbocycles. The highest BCUT2D eigenvalue weighted by Crippen LogP contribution is 2.46. The summed E-state index contributed by atoms with van der Waals surface area (Å²) < 4.78 is 4.97. The number of aliphatic hydroxyl groups is 2. The van der Waals surface area contributed by atoms with E-state index in [0.29, 0.717) is 13.0 Å². The average molecular weight is 200 g/mol. The lowest BCUT2D eigenvalue weighted by Gasteiger charge is -2.36. The standard InChI is InChI=1S/C10H16O4/c1-10(13)3-2-6-7(4-11)9(12)14-5-8(6)10/h6-8,11,13H,2-5H2,1H3/t6-,7+,8-,10-/m0/s1. The van der Waals surface area contributed by atoms with Crippen LogP contribution in [-0.2, 0) is 9.53 Å². The lowest BCUT2D eigenvalue weighted by molar-refractivity contribution is -0.168. The topological polar surface area (TPSA) is 66.8 Å². The summed E-state index contributed by atoms with van der Waals surface area (Å²) in [6.07, 6.45) is 1.49. The van der Waals surface area contributed by atoms with Crippen LogP contribution < -0.4 is 0 Å². The van der Waals surface area contributed by atoms with E-state index in [9.17, 15) is 9.90 Å². The fourth-order valence-electron chi connectivity index (χ4n) is 2.76. The Balaban J connectivity index is 2.20. The number of hydrogen-bond acceptors (Lipinski definition) is 4. The molecule has 1 heterocycles. The van der Waals surface area contributed by atoms with E-state index in [-0.39, 0.29) is 24.4 Å². The summed E-state index contributed by atoms with van der Waals surface area (Å²) in [6.45, 7) is 1.91. The molecule has 0 aromatic rings. The van der Waals surface area contributed by atoms with Crippen molar-refractivity contribution in [1.29, 1.82) is 0 Å². The van der Waals surface area contributed by atoms with E-state index in [1.54, 1.807) is 6.92 Å². The summed E-state index contributed by atoms with van der Waals surface area (Å²) in [5, 5.41) is 19.1. The molecule has 1 saturated heterocycles.